The van der Waals surface area contributed by atoms with Gasteiger partial charge in [0.25, 0.3) is 0 Å². The van der Waals surface area contributed by atoms with Crippen LogP contribution in [0.4, 0.5) is 10.8 Å². The van der Waals surface area contributed by atoms with E-state index in [4.69, 9.17) is 0 Å². The van der Waals surface area contributed by atoms with Crippen molar-refractivity contribution in [3.63, 3.8) is 0 Å². The fourth-order valence-corrected chi connectivity index (χ4v) is 2.59. The molecule has 1 aromatic heterocycles. The van der Waals surface area contributed by atoms with Gasteiger partial charge in [0.05, 0.1) is 7.05 Å². The maximum atomic E-state index is 3.51. The van der Waals surface area contributed by atoms with Crippen LogP contribution in [-0.4, -0.2) is 0 Å². The number of hydrogen-bond donors (Lipinski definition) is 1. The second-order valence-electron chi connectivity index (χ2n) is 4.13. The Hall–Kier alpha value is -0.620. The van der Waals surface area contributed by atoms with Crippen LogP contribution in [0.15, 0.2) is 23.6 Å². The quantitative estimate of drug-likeness (QED) is 0.600. The largest absolute Gasteiger partial charge is 1.00 e. The van der Waals surface area contributed by atoms with Gasteiger partial charge in [0.15, 0.2) is 0 Å². The molecule has 1 heterocycles. The maximum Gasteiger partial charge on any atom is 0.338 e. The smallest absolute Gasteiger partial charge is 0.338 e. The van der Waals surface area contributed by atoms with Crippen LogP contribution < -0.4 is 33.9 Å². The number of thiazole rings is 1. The Labute approximate surface area is 124 Å². The zero-order chi connectivity index (χ0) is 11.7. The molecule has 0 unspecified atom stereocenters. The highest BCUT2D eigenvalue weighted by molar-refractivity contribution is 7.13. The summed E-state index contributed by atoms with van der Waals surface area (Å²) in [6.45, 7) is 6.39. The lowest BCUT2D eigenvalue weighted by atomic mass is 10.1. The van der Waals surface area contributed by atoms with Crippen molar-refractivity contribution in [1.29, 1.82) is 0 Å². The van der Waals surface area contributed by atoms with E-state index in [-0.39, 0.29) is 24.0 Å². The van der Waals surface area contributed by atoms with Crippen LogP contribution in [0.3, 0.4) is 0 Å². The number of para-hydroxylation sites is 1. The summed E-state index contributed by atoms with van der Waals surface area (Å²) in [5.41, 5.74) is 5.07. The minimum Gasteiger partial charge on any atom is -1.00 e. The summed E-state index contributed by atoms with van der Waals surface area (Å²) in [7, 11) is 2.09. The standard InChI is InChI=1S/C13H16N2S.HI/c1-9-6-5-7-10(2)12(9)14-13-15(4)11(3)8-16-13;/h5-8H,1-4H3;1H. The van der Waals surface area contributed by atoms with E-state index >= 15 is 0 Å². The number of rotatable bonds is 2. The Bertz CT molecular complexity index is 500. The number of aryl methyl sites for hydroxylation is 3. The lowest BCUT2D eigenvalue weighted by molar-refractivity contribution is -0.658. The highest BCUT2D eigenvalue weighted by atomic mass is 127. The van der Waals surface area contributed by atoms with Crippen LogP contribution in [0, 0.1) is 20.8 Å². The number of aromatic nitrogens is 1. The number of benzene rings is 1. The Balaban J connectivity index is 0.00000144. The molecule has 0 atom stereocenters. The molecule has 4 heteroatoms. The fraction of sp³-hybridized carbons (Fsp3) is 0.308. The van der Waals surface area contributed by atoms with Crippen LogP contribution in [0.1, 0.15) is 16.8 Å². The van der Waals surface area contributed by atoms with Crippen molar-refractivity contribution >= 4 is 22.2 Å². The molecule has 0 aliphatic rings. The predicted molar refractivity (Wildman–Crippen MR) is 69.4 cm³/mol. The second-order valence-corrected chi connectivity index (χ2v) is 4.99. The van der Waals surface area contributed by atoms with Gasteiger partial charge in [0, 0.05) is 5.38 Å². The van der Waals surface area contributed by atoms with Gasteiger partial charge in [-0.3, -0.25) is 0 Å². The van der Waals surface area contributed by atoms with Gasteiger partial charge in [0.1, 0.15) is 11.4 Å². The molecular formula is C13H17IN2S. The third-order valence-corrected chi connectivity index (χ3v) is 3.95. The first-order valence-electron chi connectivity index (χ1n) is 5.37. The maximum absolute atomic E-state index is 3.51. The van der Waals surface area contributed by atoms with Crippen LogP contribution in [-0.2, 0) is 7.05 Å². The zero-order valence-electron chi connectivity index (χ0n) is 10.5. The van der Waals surface area contributed by atoms with Crippen LogP contribution in [0.2, 0.25) is 0 Å². The minimum absolute atomic E-state index is 0. The average Bonchev–Trinajstić information content (AvgIpc) is 2.55. The van der Waals surface area contributed by atoms with Crippen molar-refractivity contribution in [2.75, 3.05) is 5.32 Å². The van der Waals surface area contributed by atoms with Crippen LogP contribution in [0.25, 0.3) is 0 Å². The molecule has 92 valence electrons. The molecule has 2 aromatic rings. The molecule has 0 radical (unpaired) electrons. The summed E-state index contributed by atoms with van der Waals surface area (Å²) in [6, 6.07) is 6.36. The van der Waals surface area contributed by atoms with Crippen molar-refractivity contribution in [2.45, 2.75) is 20.8 Å². The van der Waals surface area contributed by atoms with E-state index in [1.807, 2.05) is 0 Å². The second kappa shape index (κ2) is 5.82. The van der Waals surface area contributed by atoms with E-state index in [1.165, 1.54) is 27.6 Å². The molecule has 1 aromatic carbocycles. The first-order valence-corrected chi connectivity index (χ1v) is 6.25. The minimum atomic E-state index is 0. The predicted octanol–water partition coefficient (Wildman–Crippen LogP) is 0.245. The molecule has 0 aliphatic carbocycles. The van der Waals surface area contributed by atoms with Gasteiger partial charge in [-0.2, -0.15) is 0 Å². The van der Waals surface area contributed by atoms with Crippen molar-refractivity contribution < 1.29 is 28.5 Å². The summed E-state index contributed by atoms with van der Waals surface area (Å²) in [4.78, 5) is 0. The molecule has 0 saturated carbocycles. The van der Waals surface area contributed by atoms with Gasteiger partial charge in [0.2, 0.25) is 0 Å². The van der Waals surface area contributed by atoms with Crippen molar-refractivity contribution in [3.05, 3.63) is 40.4 Å². The van der Waals surface area contributed by atoms with Crippen molar-refractivity contribution in [3.8, 4) is 0 Å². The highest BCUT2D eigenvalue weighted by Crippen LogP contribution is 2.25. The molecule has 1 N–H and O–H groups in total. The molecule has 17 heavy (non-hydrogen) atoms. The summed E-state index contributed by atoms with van der Waals surface area (Å²) in [5.74, 6) is 0. The average molecular weight is 360 g/mol. The summed E-state index contributed by atoms with van der Waals surface area (Å²) >= 11 is 1.74. The van der Waals surface area contributed by atoms with E-state index in [9.17, 15) is 0 Å². The first-order chi connectivity index (χ1) is 7.59. The van der Waals surface area contributed by atoms with Gasteiger partial charge in [-0.15, -0.1) is 0 Å². The Morgan fingerprint density at radius 3 is 2.18 bits per heavy atom. The monoisotopic (exact) mass is 360 g/mol. The molecular weight excluding hydrogens is 343 g/mol. The number of hydrogen-bond acceptors (Lipinski definition) is 2. The molecule has 0 amide bonds. The van der Waals surface area contributed by atoms with Gasteiger partial charge < -0.3 is 24.0 Å². The van der Waals surface area contributed by atoms with Crippen LogP contribution >= 0.6 is 11.3 Å². The summed E-state index contributed by atoms with van der Waals surface area (Å²) in [6.07, 6.45) is 0. The topological polar surface area (TPSA) is 15.9 Å². The Morgan fingerprint density at radius 2 is 1.71 bits per heavy atom. The SMILES string of the molecule is Cc1cccc(C)c1Nc1scc(C)[n+]1C.[I-]. The number of anilines is 2. The van der Waals surface area contributed by atoms with Crippen molar-refractivity contribution in [2.24, 2.45) is 7.05 Å². The van der Waals surface area contributed by atoms with E-state index < -0.39 is 0 Å². The summed E-state index contributed by atoms with van der Waals surface area (Å²) in [5, 5.41) is 6.85. The van der Waals surface area contributed by atoms with E-state index in [0.717, 1.165) is 0 Å². The summed E-state index contributed by atoms with van der Waals surface area (Å²) < 4.78 is 2.18. The van der Waals surface area contributed by atoms with Gasteiger partial charge in [-0.25, -0.2) is 9.88 Å². The lowest BCUT2D eigenvalue weighted by Crippen LogP contribution is -3.00. The highest BCUT2D eigenvalue weighted by Gasteiger charge is 2.14. The van der Waals surface area contributed by atoms with E-state index in [1.54, 1.807) is 11.3 Å². The molecule has 0 aliphatic heterocycles. The number of nitrogens with zero attached hydrogens (tertiary/aromatic N) is 1. The molecule has 0 spiro atoms. The number of halogens is 1. The lowest BCUT2D eigenvalue weighted by Gasteiger charge is -2.05. The Morgan fingerprint density at radius 1 is 1.12 bits per heavy atom. The van der Waals surface area contributed by atoms with Gasteiger partial charge in [-0.05, 0) is 31.9 Å². The molecule has 0 bridgehead atoms. The molecule has 0 fully saturated rings. The third-order valence-electron chi connectivity index (χ3n) is 2.89. The van der Waals surface area contributed by atoms with E-state index in [2.05, 4.69) is 61.3 Å². The number of nitrogens with one attached hydrogen (secondary N) is 1. The normalized spacial score (nSPS) is 9.88. The van der Waals surface area contributed by atoms with Crippen LogP contribution in [0.5, 0.6) is 0 Å². The van der Waals surface area contributed by atoms with Gasteiger partial charge in [-0.1, -0.05) is 29.5 Å². The zero-order valence-corrected chi connectivity index (χ0v) is 13.5. The molecule has 2 rings (SSSR count). The Kier molecular flexibility index (Phi) is 4.94. The third kappa shape index (κ3) is 2.98. The first kappa shape index (κ1) is 14.4. The van der Waals surface area contributed by atoms with Gasteiger partial charge >= 0.3 is 5.13 Å². The molecule has 0 saturated heterocycles. The van der Waals surface area contributed by atoms with Crippen molar-refractivity contribution in [1.82, 2.24) is 0 Å². The van der Waals surface area contributed by atoms with E-state index in [0.29, 0.717) is 0 Å². The fourth-order valence-electron chi connectivity index (χ4n) is 1.69. The molecule has 2 nitrogen and oxygen atoms in total.